The number of phenols is 1. The lowest BCUT2D eigenvalue weighted by Crippen LogP contribution is -1.98. The number of rotatable bonds is 4. The summed E-state index contributed by atoms with van der Waals surface area (Å²) in [4.78, 5) is 0. The monoisotopic (exact) mass is 295 g/mol. The van der Waals surface area contributed by atoms with Gasteiger partial charge in [-0.1, -0.05) is 29.8 Å². The molecule has 114 valence electrons. The van der Waals surface area contributed by atoms with Crippen molar-refractivity contribution in [1.29, 1.82) is 0 Å². The van der Waals surface area contributed by atoms with Crippen LogP contribution in [0.15, 0.2) is 48.7 Å². The van der Waals surface area contributed by atoms with E-state index in [4.69, 9.17) is 4.74 Å². The van der Waals surface area contributed by atoms with Crippen molar-refractivity contribution in [2.45, 2.75) is 33.4 Å². The maximum absolute atomic E-state index is 10.2. The third-order valence-corrected chi connectivity index (χ3v) is 3.89. The molecule has 2 aromatic carbocycles. The van der Waals surface area contributed by atoms with Gasteiger partial charge in [0.2, 0.25) is 0 Å². The second-order valence-electron chi connectivity index (χ2n) is 5.93. The van der Waals surface area contributed by atoms with Gasteiger partial charge in [0.05, 0.1) is 5.52 Å². The van der Waals surface area contributed by atoms with E-state index in [0.29, 0.717) is 12.4 Å². The van der Waals surface area contributed by atoms with Crippen LogP contribution in [0.25, 0.3) is 10.9 Å². The molecule has 3 aromatic rings. The summed E-state index contributed by atoms with van der Waals surface area (Å²) in [6, 6.07) is 14.0. The quantitative estimate of drug-likeness (QED) is 0.749. The summed E-state index contributed by atoms with van der Waals surface area (Å²) in [6.45, 7) is 6.76. The molecule has 1 heterocycles. The maximum atomic E-state index is 10.2. The van der Waals surface area contributed by atoms with Crippen molar-refractivity contribution in [3.8, 4) is 11.5 Å². The Labute approximate surface area is 130 Å². The van der Waals surface area contributed by atoms with Gasteiger partial charge >= 0.3 is 0 Å². The van der Waals surface area contributed by atoms with E-state index in [0.717, 1.165) is 22.2 Å². The predicted molar refractivity (Wildman–Crippen MR) is 89.5 cm³/mol. The lowest BCUT2D eigenvalue weighted by molar-refractivity contribution is 0.307. The molecule has 0 aliphatic carbocycles. The van der Waals surface area contributed by atoms with Gasteiger partial charge in [0.15, 0.2) is 0 Å². The second kappa shape index (κ2) is 5.76. The van der Waals surface area contributed by atoms with Crippen LogP contribution in [0.3, 0.4) is 0 Å². The number of fused-ring (bicyclic) bond motifs is 1. The number of ether oxygens (including phenoxy) is 1. The molecule has 22 heavy (non-hydrogen) atoms. The Morgan fingerprint density at radius 3 is 2.50 bits per heavy atom. The lowest BCUT2D eigenvalue weighted by atomic mass is 10.1. The minimum absolute atomic E-state index is 0.281. The first kappa shape index (κ1) is 14.5. The van der Waals surface area contributed by atoms with Gasteiger partial charge in [0.1, 0.15) is 18.1 Å². The first-order valence-corrected chi connectivity index (χ1v) is 7.57. The highest BCUT2D eigenvalue weighted by Crippen LogP contribution is 2.32. The largest absolute Gasteiger partial charge is 0.506 e. The lowest BCUT2D eigenvalue weighted by Gasteiger charge is -2.09. The number of benzene rings is 2. The van der Waals surface area contributed by atoms with Crippen molar-refractivity contribution in [3.05, 3.63) is 59.8 Å². The normalized spacial score (nSPS) is 11.3. The van der Waals surface area contributed by atoms with Gasteiger partial charge in [-0.3, -0.25) is 0 Å². The van der Waals surface area contributed by atoms with Crippen LogP contribution in [0.2, 0.25) is 0 Å². The molecule has 0 aliphatic rings. The van der Waals surface area contributed by atoms with Crippen LogP contribution in [-0.2, 0) is 6.61 Å². The summed E-state index contributed by atoms with van der Waals surface area (Å²) in [5.74, 6) is 1.17. The van der Waals surface area contributed by atoms with E-state index in [2.05, 4.69) is 31.5 Å². The fourth-order valence-corrected chi connectivity index (χ4v) is 2.68. The van der Waals surface area contributed by atoms with Crippen LogP contribution >= 0.6 is 0 Å². The first-order chi connectivity index (χ1) is 10.6. The number of aromatic hydroxyl groups is 1. The highest BCUT2D eigenvalue weighted by Gasteiger charge is 2.14. The van der Waals surface area contributed by atoms with Gasteiger partial charge in [-0.2, -0.15) is 0 Å². The summed E-state index contributed by atoms with van der Waals surface area (Å²) in [5.41, 5.74) is 3.17. The van der Waals surface area contributed by atoms with Crippen LogP contribution in [0.4, 0.5) is 0 Å². The van der Waals surface area contributed by atoms with Crippen LogP contribution in [0.5, 0.6) is 11.5 Å². The van der Waals surface area contributed by atoms with E-state index in [-0.39, 0.29) is 6.04 Å². The molecule has 0 aliphatic heterocycles. The molecule has 1 aromatic heterocycles. The van der Waals surface area contributed by atoms with Gasteiger partial charge in [0, 0.05) is 23.2 Å². The molecule has 0 radical (unpaired) electrons. The molecule has 0 amide bonds. The number of hydrogen-bond donors (Lipinski definition) is 1. The molecule has 3 nitrogen and oxygen atoms in total. The average molecular weight is 295 g/mol. The van der Waals surface area contributed by atoms with E-state index in [1.807, 2.05) is 36.4 Å². The van der Waals surface area contributed by atoms with Crippen LogP contribution in [0.1, 0.15) is 31.0 Å². The number of aromatic nitrogens is 1. The van der Waals surface area contributed by atoms with Crippen LogP contribution in [0, 0.1) is 6.92 Å². The van der Waals surface area contributed by atoms with Crippen molar-refractivity contribution < 1.29 is 9.84 Å². The van der Waals surface area contributed by atoms with E-state index in [1.165, 1.54) is 5.56 Å². The molecular weight excluding hydrogens is 274 g/mol. The zero-order valence-electron chi connectivity index (χ0n) is 13.2. The van der Waals surface area contributed by atoms with Gasteiger partial charge in [-0.25, -0.2) is 0 Å². The second-order valence-corrected chi connectivity index (χ2v) is 5.93. The molecule has 1 N–H and O–H groups in total. The third-order valence-electron chi connectivity index (χ3n) is 3.89. The molecule has 0 saturated heterocycles. The fourth-order valence-electron chi connectivity index (χ4n) is 2.68. The minimum atomic E-state index is 0.281. The van der Waals surface area contributed by atoms with Gasteiger partial charge in [0.25, 0.3) is 0 Å². The molecule has 0 bridgehead atoms. The SMILES string of the molecule is Cc1ccc(OCc2cn(C(C)C)c3c(O)cccc23)cc1. The molecule has 0 unspecified atom stereocenters. The predicted octanol–water partition coefficient (Wildman–Crippen LogP) is 4.82. The van der Waals surface area contributed by atoms with E-state index in [1.54, 1.807) is 6.07 Å². The summed E-state index contributed by atoms with van der Waals surface area (Å²) in [5, 5.41) is 11.2. The first-order valence-electron chi connectivity index (χ1n) is 7.57. The fraction of sp³-hybridized carbons (Fsp3) is 0.263. The van der Waals surface area contributed by atoms with Crippen molar-refractivity contribution in [3.63, 3.8) is 0 Å². The number of para-hydroxylation sites is 1. The molecule has 0 saturated carbocycles. The Balaban J connectivity index is 1.94. The van der Waals surface area contributed by atoms with Crippen molar-refractivity contribution >= 4 is 10.9 Å². The Kier molecular flexibility index (Phi) is 3.80. The van der Waals surface area contributed by atoms with Crippen molar-refractivity contribution in [2.75, 3.05) is 0 Å². The van der Waals surface area contributed by atoms with Crippen molar-refractivity contribution in [1.82, 2.24) is 4.57 Å². The molecule has 0 spiro atoms. The zero-order valence-corrected chi connectivity index (χ0v) is 13.2. The summed E-state index contributed by atoms with van der Waals surface area (Å²) < 4.78 is 7.99. The highest BCUT2D eigenvalue weighted by molar-refractivity contribution is 5.89. The number of aryl methyl sites for hydroxylation is 1. The zero-order chi connectivity index (χ0) is 15.7. The van der Waals surface area contributed by atoms with Crippen molar-refractivity contribution in [2.24, 2.45) is 0 Å². The highest BCUT2D eigenvalue weighted by atomic mass is 16.5. The molecule has 3 rings (SSSR count). The summed E-state index contributed by atoms with van der Waals surface area (Å²) in [6.07, 6.45) is 2.07. The molecule has 0 atom stereocenters. The van der Waals surface area contributed by atoms with Crippen LogP contribution < -0.4 is 4.74 Å². The smallest absolute Gasteiger partial charge is 0.139 e. The Morgan fingerprint density at radius 2 is 1.82 bits per heavy atom. The van der Waals surface area contributed by atoms with E-state index < -0.39 is 0 Å². The molecule has 3 heteroatoms. The number of nitrogens with zero attached hydrogens (tertiary/aromatic N) is 1. The topological polar surface area (TPSA) is 34.4 Å². The van der Waals surface area contributed by atoms with Gasteiger partial charge in [-0.15, -0.1) is 0 Å². The standard InChI is InChI=1S/C19H21NO2/c1-13(2)20-11-15(17-5-4-6-18(21)19(17)20)12-22-16-9-7-14(3)8-10-16/h4-11,13,21H,12H2,1-3H3. The Morgan fingerprint density at radius 1 is 1.09 bits per heavy atom. The number of phenolic OH excluding ortho intramolecular Hbond substituents is 1. The van der Waals surface area contributed by atoms with E-state index in [9.17, 15) is 5.11 Å². The van der Waals surface area contributed by atoms with Crippen LogP contribution in [-0.4, -0.2) is 9.67 Å². The third kappa shape index (κ3) is 2.67. The maximum Gasteiger partial charge on any atom is 0.139 e. The van der Waals surface area contributed by atoms with Gasteiger partial charge in [-0.05, 0) is 39.0 Å². The molecule has 0 fully saturated rings. The minimum Gasteiger partial charge on any atom is -0.506 e. The molecular formula is C19H21NO2. The Hall–Kier alpha value is -2.42. The average Bonchev–Trinajstić information content (AvgIpc) is 2.87. The Bertz CT molecular complexity index is 785. The summed E-state index contributed by atoms with van der Waals surface area (Å²) >= 11 is 0. The van der Waals surface area contributed by atoms with Gasteiger partial charge < -0.3 is 14.4 Å². The van der Waals surface area contributed by atoms with E-state index >= 15 is 0 Å². The summed E-state index contributed by atoms with van der Waals surface area (Å²) in [7, 11) is 0. The number of hydrogen-bond acceptors (Lipinski definition) is 2.